The molecule has 1 aliphatic rings. The largest absolute Gasteiger partial charge is 0.493 e. The lowest BCUT2D eigenvalue weighted by molar-refractivity contribution is -0.138. The van der Waals surface area contributed by atoms with Gasteiger partial charge in [0.25, 0.3) is 0 Å². The van der Waals surface area contributed by atoms with Crippen LogP contribution in [0.5, 0.6) is 5.75 Å². The summed E-state index contributed by atoms with van der Waals surface area (Å²) in [6, 6.07) is 8.02. The van der Waals surface area contributed by atoms with Gasteiger partial charge in [-0.25, -0.2) is 0 Å². The maximum Gasteiger partial charge on any atom is 0.304 e. The van der Waals surface area contributed by atoms with Crippen LogP contribution < -0.4 is 4.74 Å². The molecule has 1 aromatic rings. The zero-order valence-corrected chi connectivity index (χ0v) is 11.9. The van der Waals surface area contributed by atoms with Gasteiger partial charge < -0.3 is 9.84 Å². The van der Waals surface area contributed by atoms with Crippen LogP contribution in [-0.4, -0.2) is 17.7 Å². The van der Waals surface area contributed by atoms with Gasteiger partial charge >= 0.3 is 5.97 Å². The molecule has 1 aromatic carbocycles. The van der Waals surface area contributed by atoms with E-state index in [1.807, 2.05) is 18.2 Å². The lowest BCUT2D eigenvalue weighted by Gasteiger charge is -2.24. The second-order valence-electron chi connectivity index (χ2n) is 6.61. The van der Waals surface area contributed by atoms with E-state index in [0.29, 0.717) is 6.61 Å². The fraction of sp³-hybridized carbons (Fsp3) is 0.562. The summed E-state index contributed by atoms with van der Waals surface area (Å²) in [5, 5.41) is 8.91. The van der Waals surface area contributed by atoms with Gasteiger partial charge in [-0.3, -0.25) is 4.79 Å². The van der Waals surface area contributed by atoms with Crippen LogP contribution in [0.4, 0.5) is 0 Å². The molecule has 1 N–H and O–H groups in total. The van der Waals surface area contributed by atoms with Crippen LogP contribution in [0.15, 0.2) is 24.3 Å². The molecule has 0 heterocycles. The molecule has 1 aliphatic carbocycles. The third-order valence-corrected chi connectivity index (χ3v) is 3.71. The van der Waals surface area contributed by atoms with Crippen molar-refractivity contribution in [3.8, 4) is 5.75 Å². The first-order valence-corrected chi connectivity index (χ1v) is 6.77. The summed E-state index contributed by atoms with van der Waals surface area (Å²) in [6.07, 6.45) is 2.12. The number of aliphatic carboxylic acids is 1. The van der Waals surface area contributed by atoms with Crippen molar-refractivity contribution in [1.82, 2.24) is 0 Å². The smallest absolute Gasteiger partial charge is 0.304 e. The van der Waals surface area contributed by atoms with Crippen LogP contribution >= 0.6 is 0 Å². The van der Waals surface area contributed by atoms with E-state index in [1.165, 1.54) is 5.56 Å². The summed E-state index contributed by atoms with van der Waals surface area (Å²) < 4.78 is 5.93. The molecule has 19 heavy (non-hydrogen) atoms. The van der Waals surface area contributed by atoms with E-state index in [0.717, 1.165) is 18.6 Å². The number of para-hydroxylation sites is 1. The molecule has 2 rings (SSSR count). The highest BCUT2D eigenvalue weighted by atomic mass is 16.5. The number of hydrogen-bond acceptors (Lipinski definition) is 2. The van der Waals surface area contributed by atoms with Crippen LogP contribution in [-0.2, 0) is 10.2 Å². The first-order chi connectivity index (χ1) is 8.82. The molecule has 3 nitrogen and oxygen atoms in total. The number of carbonyl (C=O) groups is 1. The monoisotopic (exact) mass is 262 g/mol. The molecule has 0 radical (unpaired) electrons. The van der Waals surface area contributed by atoms with Crippen molar-refractivity contribution in [3.05, 3.63) is 29.8 Å². The molecule has 1 fully saturated rings. The maximum atomic E-state index is 10.8. The number of ether oxygens (including phenoxy) is 1. The summed E-state index contributed by atoms with van der Waals surface area (Å²) in [5.74, 6) is 0.150. The Morgan fingerprint density at radius 3 is 2.47 bits per heavy atom. The maximum absolute atomic E-state index is 10.8. The summed E-state index contributed by atoms with van der Waals surface area (Å²) in [6.45, 7) is 6.96. The van der Waals surface area contributed by atoms with Gasteiger partial charge in [-0.2, -0.15) is 0 Å². The van der Waals surface area contributed by atoms with Gasteiger partial charge in [0.05, 0.1) is 13.0 Å². The van der Waals surface area contributed by atoms with Gasteiger partial charge in [-0.05, 0) is 29.9 Å². The highest BCUT2D eigenvalue weighted by molar-refractivity contribution is 5.68. The third kappa shape index (κ3) is 3.49. The van der Waals surface area contributed by atoms with Gasteiger partial charge in [-0.1, -0.05) is 39.0 Å². The summed E-state index contributed by atoms with van der Waals surface area (Å²) in [7, 11) is 0. The van der Waals surface area contributed by atoms with Crippen LogP contribution in [0.1, 0.15) is 45.6 Å². The summed E-state index contributed by atoms with van der Waals surface area (Å²) >= 11 is 0. The van der Waals surface area contributed by atoms with Crippen molar-refractivity contribution in [2.75, 3.05) is 6.61 Å². The first-order valence-electron chi connectivity index (χ1n) is 6.77. The van der Waals surface area contributed by atoms with E-state index in [4.69, 9.17) is 9.84 Å². The van der Waals surface area contributed by atoms with Gasteiger partial charge in [0.2, 0.25) is 0 Å². The molecule has 0 spiro atoms. The van der Waals surface area contributed by atoms with Crippen LogP contribution in [0.3, 0.4) is 0 Å². The molecular formula is C16H22O3. The quantitative estimate of drug-likeness (QED) is 0.881. The molecule has 104 valence electrons. The molecular weight excluding hydrogens is 240 g/mol. The van der Waals surface area contributed by atoms with Gasteiger partial charge in [0.15, 0.2) is 0 Å². The van der Waals surface area contributed by atoms with Crippen LogP contribution in [0.2, 0.25) is 0 Å². The van der Waals surface area contributed by atoms with E-state index >= 15 is 0 Å². The Hall–Kier alpha value is -1.51. The topological polar surface area (TPSA) is 46.5 Å². The molecule has 0 bridgehead atoms. The molecule has 0 unspecified atom stereocenters. The zero-order chi connectivity index (χ0) is 14.1. The van der Waals surface area contributed by atoms with Crippen molar-refractivity contribution in [2.45, 2.75) is 45.4 Å². The van der Waals surface area contributed by atoms with E-state index in [-0.39, 0.29) is 17.3 Å². The summed E-state index contributed by atoms with van der Waals surface area (Å²) in [5.41, 5.74) is 1.07. The number of hydrogen-bond donors (Lipinski definition) is 1. The Morgan fingerprint density at radius 2 is 1.95 bits per heavy atom. The zero-order valence-electron chi connectivity index (χ0n) is 11.9. The van der Waals surface area contributed by atoms with Crippen molar-refractivity contribution >= 4 is 5.97 Å². The SMILES string of the molecule is CC(C)(C)c1ccccc1OCC1(CC(=O)O)CC1. The second-order valence-corrected chi connectivity index (χ2v) is 6.61. The van der Waals surface area contributed by atoms with Gasteiger partial charge in [-0.15, -0.1) is 0 Å². The van der Waals surface area contributed by atoms with E-state index in [9.17, 15) is 4.79 Å². The molecule has 0 amide bonds. The molecule has 3 heteroatoms. The molecule has 0 saturated heterocycles. The molecule has 0 atom stereocenters. The first kappa shape index (κ1) is 13.9. The van der Waals surface area contributed by atoms with Crippen molar-refractivity contribution in [3.63, 3.8) is 0 Å². The average Bonchev–Trinajstić information content (AvgIpc) is 3.05. The Kier molecular flexibility index (Phi) is 3.57. The third-order valence-electron chi connectivity index (χ3n) is 3.71. The normalized spacial score (nSPS) is 17.0. The average molecular weight is 262 g/mol. The minimum absolute atomic E-state index is 0.0279. The number of carboxylic acid groups (broad SMARTS) is 1. The van der Waals surface area contributed by atoms with Crippen molar-refractivity contribution in [2.24, 2.45) is 5.41 Å². The molecule has 0 aromatic heterocycles. The Balaban J connectivity index is 2.06. The Labute approximate surface area is 114 Å². The number of rotatable bonds is 5. The Morgan fingerprint density at radius 1 is 1.32 bits per heavy atom. The minimum Gasteiger partial charge on any atom is -0.493 e. The van der Waals surface area contributed by atoms with Crippen molar-refractivity contribution < 1.29 is 14.6 Å². The highest BCUT2D eigenvalue weighted by Crippen LogP contribution is 2.49. The second kappa shape index (κ2) is 4.87. The predicted octanol–water partition coefficient (Wildman–Crippen LogP) is 3.62. The highest BCUT2D eigenvalue weighted by Gasteiger charge is 2.45. The number of benzene rings is 1. The lowest BCUT2D eigenvalue weighted by Crippen LogP contribution is -2.19. The van der Waals surface area contributed by atoms with Gasteiger partial charge in [0.1, 0.15) is 5.75 Å². The van der Waals surface area contributed by atoms with E-state index in [1.54, 1.807) is 0 Å². The van der Waals surface area contributed by atoms with Crippen LogP contribution in [0.25, 0.3) is 0 Å². The predicted molar refractivity (Wildman–Crippen MR) is 74.6 cm³/mol. The standard InChI is InChI=1S/C16H22O3/c1-15(2,3)12-6-4-5-7-13(12)19-11-16(8-9-16)10-14(17)18/h4-7H,8-11H2,1-3H3,(H,17,18). The Bertz CT molecular complexity index is 467. The summed E-state index contributed by atoms with van der Waals surface area (Å²) in [4.78, 5) is 10.8. The molecule has 1 saturated carbocycles. The fourth-order valence-corrected chi connectivity index (χ4v) is 2.31. The van der Waals surface area contributed by atoms with Crippen LogP contribution in [0, 0.1) is 5.41 Å². The van der Waals surface area contributed by atoms with Gasteiger partial charge in [0, 0.05) is 5.41 Å². The molecule has 0 aliphatic heterocycles. The fourth-order valence-electron chi connectivity index (χ4n) is 2.31. The van der Waals surface area contributed by atoms with E-state index in [2.05, 4.69) is 26.8 Å². The minimum atomic E-state index is -0.731. The van der Waals surface area contributed by atoms with Crippen molar-refractivity contribution in [1.29, 1.82) is 0 Å². The number of carboxylic acids is 1. The van der Waals surface area contributed by atoms with E-state index < -0.39 is 5.97 Å². The lowest BCUT2D eigenvalue weighted by atomic mass is 9.86.